The van der Waals surface area contributed by atoms with E-state index in [1.165, 1.54) is 4.90 Å². The van der Waals surface area contributed by atoms with E-state index >= 15 is 0 Å². The topological polar surface area (TPSA) is 58.6 Å². The summed E-state index contributed by atoms with van der Waals surface area (Å²) >= 11 is 0. The summed E-state index contributed by atoms with van der Waals surface area (Å²) in [5.41, 5.74) is 3.45. The highest BCUT2D eigenvalue weighted by atomic mass is 16.5. The van der Waals surface area contributed by atoms with Crippen LogP contribution in [0, 0.1) is 6.92 Å². The van der Waals surface area contributed by atoms with Crippen molar-refractivity contribution in [3.05, 3.63) is 108 Å². The first-order valence-electron chi connectivity index (χ1n) is 10.7. The summed E-state index contributed by atoms with van der Waals surface area (Å²) in [5.74, 6) is -0.273. The van der Waals surface area contributed by atoms with E-state index in [2.05, 4.69) is 5.32 Å². The molecule has 0 bridgehead atoms. The van der Waals surface area contributed by atoms with E-state index in [1.54, 1.807) is 25.3 Å². The van der Waals surface area contributed by atoms with Crippen molar-refractivity contribution in [3.8, 4) is 5.75 Å². The van der Waals surface area contributed by atoms with Gasteiger partial charge in [0.2, 0.25) is 0 Å². The van der Waals surface area contributed by atoms with E-state index in [0.717, 1.165) is 22.0 Å². The molecule has 33 heavy (non-hydrogen) atoms. The molecule has 2 amide bonds. The number of nitrogens with one attached hydrogen (secondary N) is 1. The lowest BCUT2D eigenvalue weighted by molar-refractivity contribution is -0.120. The Labute approximate surface area is 191 Å². The molecular weight excluding hydrogens is 412 g/mol. The maximum atomic E-state index is 13.8. The molecule has 5 heteroatoms. The first-order valence-corrected chi connectivity index (χ1v) is 10.7. The minimum absolute atomic E-state index is 0.223. The second-order valence-corrected chi connectivity index (χ2v) is 7.89. The lowest BCUT2D eigenvalue weighted by Crippen LogP contribution is -2.32. The average molecular weight is 434 g/mol. The summed E-state index contributed by atoms with van der Waals surface area (Å²) in [6, 6.07) is 28.2. The van der Waals surface area contributed by atoms with Crippen LogP contribution in [-0.4, -0.2) is 18.9 Å². The molecule has 1 heterocycles. The molecule has 0 unspecified atom stereocenters. The van der Waals surface area contributed by atoms with Gasteiger partial charge in [-0.3, -0.25) is 9.59 Å². The number of aryl methyl sites for hydroxylation is 1. The Morgan fingerprint density at radius 3 is 2.24 bits per heavy atom. The van der Waals surface area contributed by atoms with Crippen LogP contribution in [0.25, 0.3) is 16.3 Å². The molecule has 0 fully saturated rings. The van der Waals surface area contributed by atoms with Gasteiger partial charge in [-0.25, -0.2) is 4.90 Å². The molecule has 4 aromatic rings. The Morgan fingerprint density at radius 2 is 1.45 bits per heavy atom. The van der Waals surface area contributed by atoms with E-state index in [-0.39, 0.29) is 11.3 Å². The Balaban J connectivity index is 1.69. The summed E-state index contributed by atoms with van der Waals surface area (Å²) in [7, 11) is 1.55. The highest BCUT2D eigenvalue weighted by Crippen LogP contribution is 2.39. The molecule has 0 aliphatic carbocycles. The number of fused-ring (bicyclic) bond motifs is 1. The molecule has 5 nitrogen and oxygen atoms in total. The van der Waals surface area contributed by atoms with Crippen LogP contribution in [0.4, 0.5) is 11.4 Å². The third-order valence-electron chi connectivity index (χ3n) is 5.79. The maximum absolute atomic E-state index is 13.8. The van der Waals surface area contributed by atoms with Crippen molar-refractivity contribution < 1.29 is 14.3 Å². The Morgan fingerprint density at radius 1 is 0.758 bits per heavy atom. The van der Waals surface area contributed by atoms with Gasteiger partial charge in [-0.2, -0.15) is 0 Å². The van der Waals surface area contributed by atoms with Crippen LogP contribution in [-0.2, 0) is 9.59 Å². The zero-order valence-electron chi connectivity index (χ0n) is 18.3. The third-order valence-corrected chi connectivity index (χ3v) is 5.79. The van der Waals surface area contributed by atoms with Gasteiger partial charge in [0.15, 0.2) is 0 Å². The number of amides is 2. The number of benzene rings is 4. The third kappa shape index (κ3) is 3.53. The molecule has 0 aromatic heterocycles. The molecule has 0 saturated heterocycles. The molecule has 1 aliphatic rings. The highest BCUT2D eigenvalue weighted by molar-refractivity contribution is 6.47. The van der Waals surface area contributed by atoms with Crippen molar-refractivity contribution in [1.29, 1.82) is 0 Å². The van der Waals surface area contributed by atoms with Crippen molar-refractivity contribution in [3.63, 3.8) is 0 Å². The number of hydrogen-bond acceptors (Lipinski definition) is 4. The summed E-state index contributed by atoms with van der Waals surface area (Å²) in [5, 5.41) is 4.99. The van der Waals surface area contributed by atoms with Crippen LogP contribution in [0.2, 0.25) is 0 Å². The quantitative estimate of drug-likeness (QED) is 0.418. The largest absolute Gasteiger partial charge is 0.496 e. The zero-order chi connectivity index (χ0) is 22.9. The fraction of sp³-hybridized carbons (Fsp3) is 0.0714. The second kappa shape index (κ2) is 8.28. The summed E-state index contributed by atoms with van der Waals surface area (Å²) in [6.07, 6.45) is 0. The number of carbonyl (C=O) groups excluding carboxylic acids is 2. The SMILES string of the molecule is COc1ccccc1C1=C(Nc2ccc(C)cc2)C(=O)N(c2cccc3ccccc23)C1=O. The number of para-hydroxylation sites is 1. The number of nitrogens with zero attached hydrogens (tertiary/aromatic N) is 1. The van der Waals surface area contributed by atoms with Crippen molar-refractivity contribution in [2.45, 2.75) is 6.92 Å². The molecule has 1 aliphatic heterocycles. The van der Waals surface area contributed by atoms with Gasteiger partial charge in [0.25, 0.3) is 11.8 Å². The minimum Gasteiger partial charge on any atom is -0.496 e. The van der Waals surface area contributed by atoms with Gasteiger partial charge in [0.05, 0.1) is 18.4 Å². The highest BCUT2D eigenvalue weighted by Gasteiger charge is 2.41. The predicted octanol–water partition coefficient (Wildman–Crippen LogP) is 5.55. The van der Waals surface area contributed by atoms with Crippen molar-refractivity contribution in [2.24, 2.45) is 0 Å². The normalized spacial score (nSPS) is 13.7. The Hall–Kier alpha value is -4.38. The number of carbonyl (C=O) groups is 2. The van der Waals surface area contributed by atoms with Crippen LogP contribution < -0.4 is 15.0 Å². The van der Waals surface area contributed by atoms with Crippen LogP contribution in [0.3, 0.4) is 0 Å². The first-order chi connectivity index (χ1) is 16.1. The lowest BCUT2D eigenvalue weighted by atomic mass is 10.0. The molecule has 162 valence electrons. The predicted molar refractivity (Wildman–Crippen MR) is 131 cm³/mol. The maximum Gasteiger partial charge on any atom is 0.282 e. The number of anilines is 2. The minimum atomic E-state index is -0.405. The van der Waals surface area contributed by atoms with Gasteiger partial charge in [-0.05, 0) is 36.6 Å². The van der Waals surface area contributed by atoms with Crippen molar-refractivity contribution >= 4 is 39.5 Å². The standard InChI is InChI=1S/C28H22N2O3/c1-18-14-16-20(17-15-18)29-26-25(22-11-5-6-13-24(22)33-2)27(31)30(28(26)32)23-12-7-9-19-8-3-4-10-21(19)23/h3-17,29H,1-2H3. The molecule has 0 radical (unpaired) electrons. The number of ether oxygens (including phenoxy) is 1. The van der Waals surface area contributed by atoms with Gasteiger partial charge in [0.1, 0.15) is 11.4 Å². The van der Waals surface area contributed by atoms with Crippen molar-refractivity contribution in [2.75, 3.05) is 17.3 Å². The number of rotatable bonds is 5. The van der Waals surface area contributed by atoms with Gasteiger partial charge in [-0.15, -0.1) is 0 Å². The van der Waals surface area contributed by atoms with E-state index in [0.29, 0.717) is 17.0 Å². The zero-order valence-corrected chi connectivity index (χ0v) is 18.3. The van der Waals surface area contributed by atoms with Gasteiger partial charge < -0.3 is 10.1 Å². The lowest BCUT2D eigenvalue weighted by Gasteiger charge is -2.18. The van der Waals surface area contributed by atoms with E-state index in [1.807, 2.05) is 79.7 Å². The van der Waals surface area contributed by atoms with Crippen LogP contribution >= 0.6 is 0 Å². The molecule has 0 spiro atoms. The van der Waals surface area contributed by atoms with E-state index < -0.39 is 11.8 Å². The Kier molecular flexibility index (Phi) is 5.15. The fourth-order valence-corrected chi connectivity index (χ4v) is 4.15. The molecule has 5 rings (SSSR count). The molecule has 0 atom stereocenters. The first kappa shape index (κ1) is 20.5. The van der Waals surface area contributed by atoms with Gasteiger partial charge in [0, 0.05) is 16.6 Å². The number of hydrogen-bond donors (Lipinski definition) is 1. The van der Waals surface area contributed by atoms with E-state index in [4.69, 9.17) is 4.74 Å². The van der Waals surface area contributed by atoms with Gasteiger partial charge in [-0.1, -0.05) is 72.3 Å². The Bertz CT molecular complexity index is 1420. The van der Waals surface area contributed by atoms with Crippen LogP contribution in [0.15, 0.2) is 96.7 Å². The summed E-state index contributed by atoms with van der Waals surface area (Å²) < 4.78 is 5.52. The van der Waals surface area contributed by atoms with Crippen LogP contribution in [0.5, 0.6) is 5.75 Å². The second-order valence-electron chi connectivity index (χ2n) is 7.89. The monoisotopic (exact) mass is 434 g/mol. The van der Waals surface area contributed by atoms with Gasteiger partial charge >= 0.3 is 0 Å². The molecule has 1 N–H and O–H groups in total. The van der Waals surface area contributed by atoms with Crippen LogP contribution in [0.1, 0.15) is 11.1 Å². The molecular formula is C28H22N2O3. The number of imide groups is 1. The number of methoxy groups -OCH3 is 1. The molecule has 4 aromatic carbocycles. The fourth-order valence-electron chi connectivity index (χ4n) is 4.15. The molecule has 0 saturated carbocycles. The summed E-state index contributed by atoms with van der Waals surface area (Å²) in [6.45, 7) is 2.00. The average Bonchev–Trinajstić information content (AvgIpc) is 3.09. The van der Waals surface area contributed by atoms with Crippen molar-refractivity contribution in [1.82, 2.24) is 0 Å². The summed E-state index contributed by atoms with van der Waals surface area (Å²) in [4.78, 5) is 28.8. The van der Waals surface area contributed by atoms with E-state index in [9.17, 15) is 9.59 Å². The smallest absolute Gasteiger partial charge is 0.282 e.